The molecular weight excluding hydrogens is 330 g/mol. The van der Waals surface area contributed by atoms with Crippen LogP contribution in [0.3, 0.4) is 0 Å². The number of hydrogen-bond acceptors (Lipinski definition) is 3. The molecule has 5 heteroatoms. The maximum absolute atomic E-state index is 12.5. The van der Waals surface area contributed by atoms with Crippen molar-refractivity contribution >= 4 is 28.8 Å². The van der Waals surface area contributed by atoms with Crippen LogP contribution in [-0.2, 0) is 6.61 Å². The van der Waals surface area contributed by atoms with Gasteiger partial charge in [0, 0.05) is 23.7 Å². The fourth-order valence-corrected chi connectivity index (χ4v) is 3.70. The van der Waals surface area contributed by atoms with Crippen LogP contribution in [0.4, 0.5) is 0 Å². The van der Waals surface area contributed by atoms with Crippen molar-refractivity contribution in [3.05, 3.63) is 51.2 Å². The second kappa shape index (κ2) is 7.37. The van der Waals surface area contributed by atoms with E-state index in [0.29, 0.717) is 11.6 Å². The number of likely N-dealkylation sites (tertiary alicyclic amines) is 1. The predicted molar refractivity (Wildman–Crippen MR) is 94.4 cm³/mol. The molecule has 1 aliphatic heterocycles. The Kier molecular flexibility index (Phi) is 5.23. The smallest absolute Gasteiger partial charge is 0.263 e. The minimum absolute atomic E-state index is 0.149. The van der Waals surface area contributed by atoms with Crippen molar-refractivity contribution in [3.8, 4) is 5.75 Å². The monoisotopic (exact) mass is 349 g/mol. The lowest BCUT2D eigenvalue weighted by Gasteiger charge is -2.29. The van der Waals surface area contributed by atoms with Crippen LogP contribution in [0.25, 0.3) is 0 Å². The largest absolute Gasteiger partial charge is 0.489 e. The first kappa shape index (κ1) is 16.3. The minimum Gasteiger partial charge on any atom is -0.489 e. The molecule has 0 aliphatic carbocycles. The summed E-state index contributed by atoms with van der Waals surface area (Å²) in [6.45, 7) is 4.43. The first-order chi connectivity index (χ1) is 11.1. The van der Waals surface area contributed by atoms with Crippen LogP contribution in [0.1, 0.15) is 35.0 Å². The molecule has 0 atom stereocenters. The van der Waals surface area contributed by atoms with Crippen molar-refractivity contribution in [3.63, 3.8) is 0 Å². The highest BCUT2D eigenvalue weighted by Gasteiger charge is 2.22. The highest BCUT2D eigenvalue weighted by molar-refractivity contribution is 7.12. The highest BCUT2D eigenvalue weighted by Crippen LogP contribution is 2.23. The third-order valence-electron chi connectivity index (χ3n) is 4.14. The molecule has 1 aromatic heterocycles. The van der Waals surface area contributed by atoms with Gasteiger partial charge in [-0.3, -0.25) is 4.79 Å². The fraction of sp³-hybridized carbons (Fsp3) is 0.389. The molecule has 23 heavy (non-hydrogen) atoms. The number of thiophene rings is 1. The van der Waals surface area contributed by atoms with Gasteiger partial charge in [0.25, 0.3) is 5.91 Å². The van der Waals surface area contributed by atoms with Crippen molar-refractivity contribution < 1.29 is 9.53 Å². The molecule has 0 unspecified atom stereocenters. The van der Waals surface area contributed by atoms with Crippen LogP contribution in [0.2, 0.25) is 5.02 Å². The SMILES string of the molecule is CC1CCN(C(=O)c2cc(COc3cccc(Cl)c3)cs2)CC1. The van der Waals surface area contributed by atoms with Crippen LogP contribution in [0.5, 0.6) is 5.75 Å². The van der Waals surface area contributed by atoms with E-state index in [1.165, 1.54) is 11.3 Å². The Morgan fingerprint density at radius 2 is 2.13 bits per heavy atom. The van der Waals surface area contributed by atoms with E-state index in [1.54, 1.807) is 6.07 Å². The zero-order valence-electron chi connectivity index (χ0n) is 13.1. The van der Waals surface area contributed by atoms with Gasteiger partial charge in [-0.25, -0.2) is 0 Å². The van der Waals surface area contributed by atoms with E-state index in [4.69, 9.17) is 16.3 Å². The standard InChI is InChI=1S/C18H20ClNO2S/c1-13-5-7-20(8-6-13)18(21)17-9-14(12-23-17)11-22-16-4-2-3-15(19)10-16/h2-4,9-10,12-13H,5-8,11H2,1H3. The number of nitrogens with zero attached hydrogens (tertiary/aromatic N) is 1. The Bertz CT molecular complexity index is 677. The van der Waals surface area contributed by atoms with Crippen LogP contribution < -0.4 is 4.74 Å². The van der Waals surface area contributed by atoms with Crippen LogP contribution in [-0.4, -0.2) is 23.9 Å². The minimum atomic E-state index is 0.149. The van der Waals surface area contributed by atoms with Crippen LogP contribution >= 0.6 is 22.9 Å². The summed E-state index contributed by atoms with van der Waals surface area (Å²) in [6.07, 6.45) is 2.20. The number of rotatable bonds is 4. The van der Waals surface area contributed by atoms with Gasteiger partial charge in [-0.05, 0) is 48.4 Å². The van der Waals surface area contributed by atoms with Gasteiger partial charge in [0.05, 0.1) is 4.88 Å². The van der Waals surface area contributed by atoms with E-state index in [1.807, 2.05) is 34.5 Å². The third-order valence-corrected chi connectivity index (χ3v) is 5.34. The van der Waals surface area contributed by atoms with E-state index in [0.717, 1.165) is 48.0 Å². The summed E-state index contributed by atoms with van der Waals surface area (Å²) in [7, 11) is 0. The van der Waals surface area contributed by atoms with Gasteiger partial charge >= 0.3 is 0 Å². The number of ether oxygens (including phenoxy) is 1. The van der Waals surface area contributed by atoms with E-state index in [9.17, 15) is 4.79 Å². The van der Waals surface area contributed by atoms with Crippen molar-refractivity contribution in [2.24, 2.45) is 5.92 Å². The zero-order valence-corrected chi connectivity index (χ0v) is 14.7. The number of benzene rings is 1. The molecular formula is C18H20ClNO2S. The molecule has 1 aromatic carbocycles. The first-order valence-electron chi connectivity index (χ1n) is 7.87. The Morgan fingerprint density at radius 3 is 2.87 bits per heavy atom. The number of amides is 1. The molecule has 0 spiro atoms. The van der Waals surface area contributed by atoms with Crippen molar-refractivity contribution in [2.75, 3.05) is 13.1 Å². The van der Waals surface area contributed by atoms with Crippen molar-refractivity contribution in [1.29, 1.82) is 0 Å². The molecule has 0 N–H and O–H groups in total. The van der Waals surface area contributed by atoms with Gasteiger partial charge < -0.3 is 9.64 Å². The van der Waals surface area contributed by atoms with Gasteiger partial charge in [-0.1, -0.05) is 24.6 Å². The van der Waals surface area contributed by atoms with Gasteiger partial charge in [-0.2, -0.15) is 0 Å². The normalized spacial score (nSPS) is 15.7. The number of carbonyl (C=O) groups excluding carboxylic acids is 1. The third kappa shape index (κ3) is 4.27. The van der Waals surface area contributed by atoms with Crippen molar-refractivity contribution in [2.45, 2.75) is 26.4 Å². The predicted octanol–water partition coefficient (Wildman–Crippen LogP) is 4.85. The van der Waals surface area contributed by atoms with Gasteiger partial charge in [-0.15, -0.1) is 11.3 Å². The average molecular weight is 350 g/mol. The van der Waals surface area contributed by atoms with E-state index >= 15 is 0 Å². The van der Waals surface area contributed by atoms with Gasteiger partial charge in [0.15, 0.2) is 0 Å². The quantitative estimate of drug-likeness (QED) is 0.789. The number of piperidine rings is 1. The molecule has 0 radical (unpaired) electrons. The number of hydrogen-bond donors (Lipinski definition) is 0. The van der Waals surface area contributed by atoms with Crippen LogP contribution in [0.15, 0.2) is 35.7 Å². The summed E-state index contributed by atoms with van der Waals surface area (Å²) in [6, 6.07) is 9.27. The molecule has 122 valence electrons. The summed E-state index contributed by atoms with van der Waals surface area (Å²) in [4.78, 5) is 15.3. The molecule has 2 aromatic rings. The molecule has 1 amide bonds. The van der Waals surface area contributed by atoms with Crippen molar-refractivity contribution in [1.82, 2.24) is 4.90 Å². The van der Waals surface area contributed by atoms with E-state index < -0.39 is 0 Å². The fourth-order valence-electron chi connectivity index (χ4n) is 2.65. The average Bonchev–Trinajstić information content (AvgIpc) is 3.02. The lowest BCUT2D eigenvalue weighted by atomic mass is 9.99. The molecule has 1 fully saturated rings. The molecule has 2 heterocycles. The van der Waals surface area contributed by atoms with E-state index in [-0.39, 0.29) is 5.91 Å². The molecule has 1 aliphatic rings. The molecule has 3 nitrogen and oxygen atoms in total. The summed E-state index contributed by atoms with van der Waals surface area (Å²) < 4.78 is 5.72. The zero-order chi connectivity index (χ0) is 16.2. The number of carbonyl (C=O) groups is 1. The van der Waals surface area contributed by atoms with Crippen LogP contribution in [0, 0.1) is 5.92 Å². The lowest BCUT2D eigenvalue weighted by molar-refractivity contribution is 0.0702. The summed E-state index contributed by atoms with van der Waals surface area (Å²) >= 11 is 7.43. The lowest BCUT2D eigenvalue weighted by Crippen LogP contribution is -2.37. The Hall–Kier alpha value is -1.52. The second-order valence-electron chi connectivity index (χ2n) is 6.04. The van der Waals surface area contributed by atoms with Gasteiger partial charge in [0.1, 0.15) is 12.4 Å². The Morgan fingerprint density at radius 1 is 1.35 bits per heavy atom. The maximum atomic E-state index is 12.5. The molecule has 3 rings (SSSR count). The molecule has 0 saturated carbocycles. The Labute approximate surface area is 145 Å². The molecule has 0 bridgehead atoms. The summed E-state index contributed by atoms with van der Waals surface area (Å²) in [5.74, 6) is 1.61. The number of halogens is 1. The first-order valence-corrected chi connectivity index (χ1v) is 9.12. The second-order valence-corrected chi connectivity index (χ2v) is 7.39. The topological polar surface area (TPSA) is 29.5 Å². The maximum Gasteiger partial charge on any atom is 0.263 e. The highest BCUT2D eigenvalue weighted by atomic mass is 35.5. The summed E-state index contributed by atoms with van der Waals surface area (Å²) in [5.41, 5.74) is 1.02. The summed E-state index contributed by atoms with van der Waals surface area (Å²) in [5, 5.41) is 2.65. The van der Waals surface area contributed by atoms with E-state index in [2.05, 4.69) is 6.92 Å². The Balaban J connectivity index is 1.58. The van der Waals surface area contributed by atoms with Gasteiger partial charge in [0.2, 0.25) is 0 Å². The molecule has 1 saturated heterocycles.